The standard InChI is InChI=1S/C10H10F2N2/c11-9-2-1-8(7-10(9)12)3-5-14-6-4-13/h1-2,7,14H,3,5-6H2. The maximum absolute atomic E-state index is 12.7. The molecule has 0 unspecified atom stereocenters. The molecule has 74 valence electrons. The Morgan fingerprint density at radius 3 is 2.71 bits per heavy atom. The average Bonchev–Trinajstić information content (AvgIpc) is 2.18. The Hall–Kier alpha value is -1.47. The van der Waals surface area contributed by atoms with Crippen LogP contribution < -0.4 is 5.32 Å². The molecule has 1 N–H and O–H groups in total. The zero-order valence-electron chi connectivity index (χ0n) is 7.56. The summed E-state index contributed by atoms with van der Waals surface area (Å²) in [6.07, 6.45) is 0.582. The SMILES string of the molecule is N#CCNCCc1ccc(F)c(F)c1. The van der Waals surface area contributed by atoms with Crippen LogP contribution in [0.15, 0.2) is 18.2 Å². The first kappa shape index (κ1) is 10.6. The molecule has 2 nitrogen and oxygen atoms in total. The number of benzene rings is 1. The lowest BCUT2D eigenvalue weighted by Gasteiger charge is -2.01. The highest BCUT2D eigenvalue weighted by atomic mass is 19.2. The minimum Gasteiger partial charge on any atom is -0.304 e. The molecule has 1 rings (SSSR count). The molecule has 0 bridgehead atoms. The van der Waals surface area contributed by atoms with Crippen molar-refractivity contribution in [1.82, 2.24) is 5.32 Å². The largest absolute Gasteiger partial charge is 0.304 e. The van der Waals surface area contributed by atoms with Crippen LogP contribution >= 0.6 is 0 Å². The van der Waals surface area contributed by atoms with E-state index in [0.717, 1.165) is 6.07 Å². The molecule has 1 aromatic carbocycles. The summed E-state index contributed by atoms with van der Waals surface area (Å²) in [6.45, 7) is 0.850. The van der Waals surface area contributed by atoms with E-state index >= 15 is 0 Å². The molecule has 0 saturated carbocycles. The number of rotatable bonds is 4. The van der Waals surface area contributed by atoms with Gasteiger partial charge in [0, 0.05) is 6.54 Å². The van der Waals surface area contributed by atoms with Gasteiger partial charge in [-0.15, -0.1) is 0 Å². The maximum atomic E-state index is 12.7. The first-order valence-corrected chi connectivity index (χ1v) is 4.25. The Bertz CT molecular complexity index is 344. The van der Waals surface area contributed by atoms with Gasteiger partial charge >= 0.3 is 0 Å². The van der Waals surface area contributed by atoms with Crippen LogP contribution in [-0.2, 0) is 6.42 Å². The topological polar surface area (TPSA) is 35.8 Å². The molecule has 0 saturated heterocycles. The second-order valence-corrected chi connectivity index (χ2v) is 2.83. The van der Waals surface area contributed by atoms with E-state index in [9.17, 15) is 8.78 Å². The normalized spacial score (nSPS) is 9.79. The minimum absolute atomic E-state index is 0.268. The summed E-state index contributed by atoms with van der Waals surface area (Å²) in [5.74, 6) is -1.67. The van der Waals surface area contributed by atoms with Crippen molar-refractivity contribution in [3.63, 3.8) is 0 Å². The van der Waals surface area contributed by atoms with Crippen LogP contribution in [0.25, 0.3) is 0 Å². The number of hydrogen-bond donors (Lipinski definition) is 1. The fourth-order valence-electron chi connectivity index (χ4n) is 1.07. The first-order valence-electron chi connectivity index (χ1n) is 4.25. The molecule has 0 aliphatic rings. The van der Waals surface area contributed by atoms with Crippen LogP contribution in [0.2, 0.25) is 0 Å². The third-order valence-corrected chi connectivity index (χ3v) is 1.78. The summed E-state index contributed by atoms with van der Waals surface area (Å²) in [6, 6.07) is 5.74. The molecule has 0 amide bonds. The van der Waals surface area contributed by atoms with Gasteiger partial charge < -0.3 is 5.32 Å². The van der Waals surface area contributed by atoms with E-state index in [2.05, 4.69) is 5.32 Å². The van der Waals surface area contributed by atoms with Crippen LogP contribution in [0, 0.1) is 23.0 Å². The summed E-state index contributed by atoms with van der Waals surface area (Å²) < 4.78 is 25.2. The molecule has 0 aromatic heterocycles. The lowest BCUT2D eigenvalue weighted by atomic mass is 10.1. The lowest BCUT2D eigenvalue weighted by Crippen LogP contribution is -2.17. The zero-order valence-corrected chi connectivity index (χ0v) is 7.56. The van der Waals surface area contributed by atoms with Gasteiger partial charge in [-0.1, -0.05) is 6.07 Å². The van der Waals surface area contributed by atoms with Gasteiger partial charge in [0.05, 0.1) is 12.6 Å². The van der Waals surface area contributed by atoms with Gasteiger partial charge in [-0.3, -0.25) is 0 Å². The zero-order chi connectivity index (χ0) is 10.4. The summed E-state index contributed by atoms with van der Waals surface area (Å²) in [4.78, 5) is 0. The van der Waals surface area contributed by atoms with E-state index in [4.69, 9.17) is 5.26 Å². The molecule has 1 aromatic rings. The fraction of sp³-hybridized carbons (Fsp3) is 0.300. The third kappa shape index (κ3) is 3.11. The van der Waals surface area contributed by atoms with Crippen LogP contribution in [0.3, 0.4) is 0 Å². The highest BCUT2D eigenvalue weighted by Gasteiger charge is 2.01. The van der Waals surface area contributed by atoms with E-state index < -0.39 is 11.6 Å². The third-order valence-electron chi connectivity index (χ3n) is 1.78. The maximum Gasteiger partial charge on any atom is 0.159 e. The molecule has 0 aliphatic heterocycles. The molecule has 0 spiro atoms. The molecule has 0 radical (unpaired) electrons. The molecule has 0 atom stereocenters. The van der Waals surface area contributed by atoms with E-state index in [1.807, 2.05) is 6.07 Å². The fourth-order valence-corrected chi connectivity index (χ4v) is 1.07. The molecule has 4 heteroatoms. The monoisotopic (exact) mass is 196 g/mol. The number of nitrogens with one attached hydrogen (secondary N) is 1. The summed E-state index contributed by atoms with van der Waals surface area (Å²) in [7, 11) is 0. The highest BCUT2D eigenvalue weighted by molar-refractivity contribution is 5.18. The lowest BCUT2D eigenvalue weighted by molar-refractivity contribution is 0.507. The van der Waals surface area contributed by atoms with Crippen LogP contribution in [-0.4, -0.2) is 13.1 Å². The van der Waals surface area contributed by atoms with Gasteiger partial charge in [-0.25, -0.2) is 8.78 Å². The van der Waals surface area contributed by atoms with E-state index in [1.165, 1.54) is 12.1 Å². The number of nitriles is 1. The van der Waals surface area contributed by atoms with Crippen molar-refractivity contribution in [3.8, 4) is 6.07 Å². The van der Waals surface area contributed by atoms with E-state index in [-0.39, 0.29) is 6.54 Å². The minimum atomic E-state index is -0.835. The second-order valence-electron chi connectivity index (χ2n) is 2.83. The van der Waals surface area contributed by atoms with Gasteiger partial charge in [-0.2, -0.15) is 5.26 Å². The first-order chi connectivity index (χ1) is 6.74. The van der Waals surface area contributed by atoms with Crippen LogP contribution in [0.5, 0.6) is 0 Å². The molecule has 14 heavy (non-hydrogen) atoms. The Balaban J connectivity index is 2.44. The van der Waals surface area contributed by atoms with Gasteiger partial charge in [0.25, 0.3) is 0 Å². The van der Waals surface area contributed by atoms with Gasteiger partial charge in [-0.05, 0) is 24.1 Å². The summed E-state index contributed by atoms with van der Waals surface area (Å²) >= 11 is 0. The van der Waals surface area contributed by atoms with Crippen LogP contribution in [0.4, 0.5) is 8.78 Å². The Kier molecular flexibility index (Phi) is 4.02. The van der Waals surface area contributed by atoms with Crippen molar-refractivity contribution >= 4 is 0 Å². The summed E-state index contributed by atoms with van der Waals surface area (Å²) in [5, 5.41) is 11.1. The van der Waals surface area contributed by atoms with Crippen molar-refractivity contribution in [1.29, 1.82) is 5.26 Å². The van der Waals surface area contributed by atoms with Crippen molar-refractivity contribution in [2.75, 3.05) is 13.1 Å². The molecular formula is C10H10F2N2. The molecule has 0 aliphatic carbocycles. The number of hydrogen-bond acceptors (Lipinski definition) is 2. The smallest absolute Gasteiger partial charge is 0.159 e. The predicted molar refractivity (Wildman–Crippen MR) is 48.5 cm³/mol. The van der Waals surface area contributed by atoms with Crippen LogP contribution in [0.1, 0.15) is 5.56 Å². The Morgan fingerprint density at radius 1 is 1.29 bits per heavy atom. The summed E-state index contributed by atoms with van der Waals surface area (Å²) in [5.41, 5.74) is 0.717. The van der Waals surface area contributed by atoms with Crippen molar-refractivity contribution in [2.45, 2.75) is 6.42 Å². The molecular weight excluding hydrogens is 186 g/mol. The Morgan fingerprint density at radius 2 is 2.07 bits per heavy atom. The molecule has 0 heterocycles. The van der Waals surface area contributed by atoms with Crippen molar-refractivity contribution in [3.05, 3.63) is 35.4 Å². The van der Waals surface area contributed by atoms with Gasteiger partial charge in [0.15, 0.2) is 11.6 Å². The molecule has 0 fully saturated rings. The highest BCUT2D eigenvalue weighted by Crippen LogP contribution is 2.08. The average molecular weight is 196 g/mol. The number of nitrogens with zero attached hydrogens (tertiary/aromatic N) is 1. The van der Waals surface area contributed by atoms with E-state index in [0.29, 0.717) is 18.5 Å². The van der Waals surface area contributed by atoms with Gasteiger partial charge in [0.1, 0.15) is 0 Å². The number of halogens is 2. The second kappa shape index (κ2) is 5.30. The van der Waals surface area contributed by atoms with Crippen molar-refractivity contribution < 1.29 is 8.78 Å². The van der Waals surface area contributed by atoms with E-state index in [1.54, 1.807) is 0 Å². The van der Waals surface area contributed by atoms with Crippen molar-refractivity contribution in [2.24, 2.45) is 0 Å². The Labute approximate surface area is 81.2 Å². The quantitative estimate of drug-likeness (QED) is 0.586. The predicted octanol–water partition coefficient (Wildman–Crippen LogP) is 1.62. The van der Waals surface area contributed by atoms with Gasteiger partial charge in [0.2, 0.25) is 0 Å².